The van der Waals surface area contributed by atoms with Crippen molar-refractivity contribution in [1.82, 2.24) is 28.7 Å². The van der Waals surface area contributed by atoms with E-state index in [0.717, 1.165) is 87.1 Å². The van der Waals surface area contributed by atoms with Crippen molar-refractivity contribution in [3.63, 3.8) is 0 Å². The third-order valence-electron chi connectivity index (χ3n) is 26.8. The van der Waals surface area contributed by atoms with Crippen LogP contribution in [-0.2, 0) is 71.3 Å². The van der Waals surface area contributed by atoms with Crippen LogP contribution in [0.1, 0.15) is 140 Å². The largest absolute Gasteiger partial charge is 0.508 e. The number of carbonyl (C=O) groups excluding carboxylic acids is 6. The number of methoxy groups -OCH3 is 3. The van der Waals surface area contributed by atoms with E-state index in [1.54, 1.807) is 67.9 Å². The number of ether oxygens (including phenoxy) is 13. The monoisotopic (exact) mass is 1850 g/mol. The van der Waals surface area contributed by atoms with Gasteiger partial charge in [0.2, 0.25) is 23.2 Å². The summed E-state index contributed by atoms with van der Waals surface area (Å²) in [6.45, 7) is 9.41. The summed E-state index contributed by atoms with van der Waals surface area (Å²) in [5.41, 5.74) is -11.3. The van der Waals surface area contributed by atoms with E-state index in [9.17, 15) is 86.0 Å². The Morgan fingerprint density at radius 2 is 0.917 bits per heavy atom. The fourth-order valence-corrected chi connectivity index (χ4v) is 19.6. The van der Waals surface area contributed by atoms with Crippen molar-refractivity contribution in [3.05, 3.63) is 248 Å². The average Bonchev–Trinajstić information content (AvgIpc) is 1.60. The maximum absolute atomic E-state index is 17.6. The molecular formula is C94H97F5N6O28. The van der Waals surface area contributed by atoms with E-state index in [0.29, 0.717) is 17.5 Å². The van der Waals surface area contributed by atoms with Gasteiger partial charge in [-0.3, -0.25) is 67.0 Å². The van der Waals surface area contributed by atoms with Gasteiger partial charge < -0.3 is 76.9 Å². The molecule has 4 saturated heterocycles. The smallest absolute Gasteiger partial charge is 0.497 e. The average molecular weight is 1850 g/mol. The molecule has 39 heteroatoms. The number of nitrogens with zero attached hydrogens (tertiary/aromatic N) is 3. The van der Waals surface area contributed by atoms with Gasteiger partial charge >= 0.3 is 41.1 Å². The van der Waals surface area contributed by atoms with E-state index in [1.165, 1.54) is 19.1 Å². The number of benzene rings is 6. The number of aliphatic hydroxyl groups is 3. The summed E-state index contributed by atoms with van der Waals surface area (Å²) in [5, 5.41) is 38.0. The first-order valence-corrected chi connectivity index (χ1v) is 42.9. The lowest BCUT2D eigenvalue weighted by molar-refractivity contribution is -0.249. The molecule has 6 N–H and O–H groups in total. The second kappa shape index (κ2) is 37.4. The zero-order valence-electron chi connectivity index (χ0n) is 73.5. The fourth-order valence-electron chi connectivity index (χ4n) is 19.6. The maximum Gasteiger partial charge on any atom is 0.508 e. The molecule has 4 aliphatic carbocycles. The Hall–Kier alpha value is -12.6. The van der Waals surface area contributed by atoms with Crippen LogP contribution in [0.15, 0.2) is 180 Å². The molecule has 7 fully saturated rings. The predicted octanol–water partition coefficient (Wildman–Crippen LogP) is 9.05. The van der Waals surface area contributed by atoms with Crippen LogP contribution in [0, 0.1) is 40.1 Å². The summed E-state index contributed by atoms with van der Waals surface area (Å²) < 4.78 is 150. The highest BCUT2D eigenvalue weighted by atomic mass is 19.2. The third-order valence-corrected chi connectivity index (χ3v) is 26.8. The van der Waals surface area contributed by atoms with Crippen LogP contribution in [-0.4, -0.2) is 199 Å². The number of ketones is 2. The molecule has 0 radical (unpaired) electrons. The molecular weight excluding hydrogens is 1760 g/mol. The molecule has 21 atom stereocenters. The molecule has 0 amide bonds. The summed E-state index contributed by atoms with van der Waals surface area (Å²) in [6, 6.07) is 33.8. The maximum atomic E-state index is 17.6. The minimum atomic E-state index is -2.40. The van der Waals surface area contributed by atoms with Crippen molar-refractivity contribution in [1.29, 1.82) is 0 Å². The number of carbonyl (C=O) groups is 6. The second-order valence-corrected chi connectivity index (χ2v) is 35.2. The Morgan fingerprint density at radius 3 is 1.37 bits per heavy atom. The van der Waals surface area contributed by atoms with Crippen LogP contribution >= 0.6 is 0 Å². The van der Waals surface area contributed by atoms with Gasteiger partial charge in [-0.1, -0.05) is 85.8 Å². The van der Waals surface area contributed by atoms with Crippen LogP contribution in [0.3, 0.4) is 0 Å². The lowest BCUT2D eigenvalue weighted by atomic mass is 9.44. The SMILES string of the molecule is CC1(C)O[C@@H]2CC3C4C[C@H](F)C5=CC(=O)C=CC5(C)[C@@]4(F)[C@@H](O)CC3(C)[C@]2(C(=O)COC(=O)OCC2OC(n3cc(F)c(=O)[nH]c3=O)CC2O)O1.COc1ccc2cc(C(C)C(=O)OCC3OC(n4cc(F)c(=O)[nH]c4=O)CC3O)ccc2c1.COc1ccc2cc(C(C)C(=O)OCC3OC(n4cc(F)c(=O)[nH]c4=O)CC3OC(=O)C(C)c3ccc4cc(OC)ccc4c3)ccc2c1. The van der Waals surface area contributed by atoms with Gasteiger partial charge in [0.25, 0.3) is 16.7 Å². The number of halogens is 5. The first-order chi connectivity index (χ1) is 63.1. The zero-order chi connectivity index (χ0) is 95.6. The van der Waals surface area contributed by atoms with Crippen LogP contribution in [0.5, 0.6) is 17.2 Å². The van der Waals surface area contributed by atoms with Gasteiger partial charge in [-0.05, 0) is 170 Å². The highest BCUT2D eigenvalue weighted by Crippen LogP contribution is 2.73. The number of alkyl halides is 2. The third kappa shape index (κ3) is 18.3. The summed E-state index contributed by atoms with van der Waals surface area (Å²) in [4.78, 5) is 155. The highest BCUT2D eigenvalue weighted by molar-refractivity contribution is 6.01. The van der Waals surface area contributed by atoms with Gasteiger partial charge in [0.1, 0.15) is 86.3 Å². The number of rotatable bonds is 22. The molecule has 706 valence electrons. The number of H-pyrrole nitrogens is 3. The van der Waals surface area contributed by atoms with Gasteiger partial charge in [0, 0.05) is 36.0 Å². The normalized spacial score (nSPS) is 28.8. The van der Waals surface area contributed by atoms with Gasteiger partial charge in [-0.25, -0.2) is 28.0 Å². The van der Waals surface area contributed by atoms with Crippen molar-refractivity contribution in [2.75, 3.05) is 47.8 Å². The van der Waals surface area contributed by atoms with Crippen molar-refractivity contribution in [2.24, 2.45) is 22.7 Å². The first kappa shape index (κ1) is 95.0. The first-order valence-electron chi connectivity index (χ1n) is 42.9. The van der Waals surface area contributed by atoms with Gasteiger partial charge in [0.15, 0.2) is 29.4 Å². The number of aromatic amines is 3. The molecule has 17 rings (SSSR count). The van der Waals surface area contributed by atoms with Crippen LogP contribution in [0.4, 0.5) is 26.7 Å². The highest BCUT2D eigenvalue weighted by Gasteiger charge is 2.81. The number of aliphatic hydroxyl groups excluding tert-OH is 3. The molecule has 4 aliphatic heterocycles. The predicted molar refractivity (Wildman–Crippen MR) is 459 cm³/mol. The molecule has 6 aromatic carbocycles. The lowest BCUT2D eigenvalue weighted by Gasteiger charge is -2.63. The standard InChI is InChI=1S/C37H35FN2O9.C34H39F3N2O12.C23H23FN2O7/c1-20(22-5-7-26-15-28(45-3)11-9-24(26)13-22)35(42)47-19-32-31(17-33(48-32)40-18-30(38)34(41)39-37(40)44)49-36(43)21(2)23-6-8-27-16-29(46-4)12-10-25(27)14-23;1-30(2)50-25-9-16-17-8-19(35)18-7-15(40)5-6-31(18,3)33(17,37)23(42)11-32(16,4)34(25,51-30)24(43)14-48-29(46)47-13-22-21(41)10-26(49-22)39-12-20(36)27(44)38-28(39)45;1-12(13-3-4-15-8-16(31-2)6-5-14(15)7-13)22(29)32-11-19-18(27)9-20(33-19)26-10-17(24)21(28)25-23(26)30/h5-16,18,20-21,31-33H,17,19H2,1-4H3,(H,39,41,44);5-7,12,16-17,19,21-23,25-26,41-42H,8-11,13-14H2,1-4H3,(H,38,44,45);3-8,10,12,18-20,27H,9,11H2,1-2H3,(H,25,28,30)/t;16?,17?,19-,21?,22?,23-,25+,26?,31?,32?,33-,34+;/m.0./s1. The number of esters is 3. The summed E-state index contributed by atoms with van der Waals surface area (Å²) >= 11 is 0. The molecule has 0 spiro atoms. The number of Topliss-reactive ketones (excluding diaryl/α,β-unsaturated/α-hetero) is 1. The van der Waals surface area contributed by atoms with Crippen LogP contribution < -0.4 is 48.0 Å². The van der Waals surface area contributed by atoms with Gasteiger partial charge in [-0.2, -0.15) is 13.2 Å². The molecule has 16 unspecified atom stereocenters. The molecule has 8 aliphatic rings. The Kier molecular flexibility index (Phi) is 26.7. The topological polar surface area (TPSA) is 448 Å². The Labute approximate surface area is 752 Å². The summed E-state index contributed by atoms with van der Waals surface area (Å²) in [6.07, 6.45) is -10.5. The number of hydrogen-bond donors (Lipinski definition) is 6. The minimum Gasteiger partial charge on any atom is -0.497 e. The van der Waals surface area contributed by atoms with E-state index in [4.69, 9.17) is 61.6 Å². The number of aromatic nitrogens is 6. The lowest BCUT2D eigenvalue weighted by Crippen LogP contribution is -2.71. The number of nitrogens with one attached hydrogen (secondary N) is 3. The van der Waals surface area contributed by atoms with E-state index in [-0.39, 0.29) is 57.3 Å². The van der Waals surface area contributed by atoms with Gasteiger partial charge in [0.05, 0.1) is 82.1 Å². The van der Waals surface area contributed by atoms with E-state index in [1.807, 2.05) is 119 Å². The van der Waals surface area contributed by atoms with Crippen LogP contribution in [0.25, 0.3) is 32.3 Å². The Bertz CT molecular complexity index is 6530. The molecule has 0 bridgehead atoms. The van der Waals surface area contributed by atoms with E-state index in [2.05, 4.69) is 0 Å². The second-order valence-electron chi connectivity index (χ2n) is 35.2. The molecule has 9 aromatic rings. The number of fused-ring (bicyclic) bond motifs is 10. The van der Waals surface area contributed by atoms with Gasteiger partial charge in [-0.15, -0.1) is 0 Å². The van der Waals surface area contributed by atoms with Crippen molar-refractivity contribution in [2.45, 2.75) is 195 Å². The van der Waals surface area contributed by atoms with Crippen LogP contribution in [0.2, 0.25) is 0 Å². The van der Waals surface area contributed by atoms with E-state index >= 15 is 8.78 Å². The summed E-state index contributed by atoms with van der Waals surface area (Å²) in [5.74, 6) is -9.30. The zero-order valence-corrected chi connectivity index (χ0v) is 73.5. The Morgan fingerprint density at radius 1 is 0.511 bits per heavy atom. The van der Waals surface area contributed by atoms with E-state index < -0.39 is 231 Å². The molecule has 3 aromatic heterocycles. The molecule has 7 heterocycles. The van der Waals surface area contributed by atoms with Crippen molar-refractivity contribution in [3.8, 4) is 17.2 Å². The van der Waals surface area contributed by atoms with Crippen molar-refractivity contribution < 1.29 is 128 Å². The summed E-state index contributed by atoms with van der Waals surface area (Å²) in [7, 11) is 4.78. The number of hydrogen-bond acceptors (Lipinski definition) is 28. The Balaban J connectivity index is 0.000000156. The minimum absolute atomic E-state index is 0.0305. The molecule has 3 saturated carbocycles. The fraction of sp³-hybridized carbons (Fsp3) is 0.447. The van der Waals surface area contributed by atoms with Crippen molar-refractivity contribution >= 4 is 67.9 Å². The molecule has 133 heavy (non-hydrogen) atoms. The molecule has 34 nitrogen and oxygen atoms in total. The quantitative estimate of drug-likeness (QED) is 0.0209. The number of allylic oxidation sites excluding steroid dienone is 4.